The maximum atomic E-state index is 12.8. The number of carbonyl (C=O) groups excluding carboxylic acids is 1. The number of hydrogen-bond acceptors (Lipinski definition) is 5. The highest BCUT2D eigenvalue weighted by molar-refractivity contribution is 5.73. The smallest absolute Gasteiger partial charge is 0.311 e. The molecule has 1 aromatic rings. The van der Waals surface area contributed by atoms with Crippen molar-refractivity contribution < 1.29 is 29.6 Å². The number of esters is 1. The lowest BCUT2D eigenvalue weighted by Gasteiger charge is -2.26. The second-order valence-electron chi connectivity index (χ2n) is 9.87. The maximum Gasteiger partial charge on any atom is 0.311 e. The van der Waals surface area contributed by atoms with Crippen LogP contribution in [-0.4, -0.2) is 45.6 Å². The zero-order valence-corrected chi connectivity index (χ0v) is 21.5. The number of carboxylic acids is 1. The third kappa shape index (κ3) is 10.8. The minimum Gasteiger partial charge on any atom is -0.481 e. The summed E-state index contributed by atoms with van der Waals surface area (Å²) in [6.07, 6.45) is 18.4. The van der Waals surface area contributed by atoms with Crippen molar-refractivity contribution >= 4 is 11.9 Å². The molecule has 0 saturated heterocycles. The van der Waals surface area contributed by atoms with Crippen LogP contribution in [-0.2, 0) is 20.7 Å². The van der Waals surface area contributed by atoms with E-state index in [9.17, 15) is 19.8 Å². The average molecular weight is 509 g/mol. The number of unbranched alkanes of at least 4 members (excludes halogenated alkanes) is 1. The number of hydrogen-bond donors (Lipinski definition) is 3. The number of aliphatic carboxylic acids is 1. The first kappa shape index (κ1) is 30.2. The van der Waals surface area contributed by atoms with E-state index in [0.29, 0.717) is 44.9 Å². The number of rotatable bonds is 16. The second-order valence-corrected chi connectivity index (χ2v) is 9.87. The van der Waals surface area contributed by atoms with Gasteiger partial charge < -0.3 is 20.1 Å². The van der Waals surface area contributed by atoms with E-state index in [2.05, 4.69) is 11.8 Å². The molecule has 37 heavy (non-hydrogen) atoms. The Morgan fingerprint density at radius 1 is 1.03 bits per heavy atom. The van der Waals surface area contributed by atoms with Crippen molar-refractivity contribution in [2.24, 2.45) is 17.8 Å². The Kier molecular flexibility index (Phi) is 13.6. The predicted octanol–water partition coefficient (Wildman–Crippen LogP) is 4.53. The fraction of sp³-hybridized carbons (Fsp3) is 0.548. The van der Waals surface area contributed by atoms with Crippen LogP contribution >= 0.6 is 0 Å². The fourth-order valence-electron chi connectivity index (χ4n) is 5.05. The highest BCUT2D eigenvalue weighted by atomic mass is 16.5. The first-order chi connectivity index (χ1) is 17.8. The second kappa shape index (κ2) is 16.6. The van der Waals surface area contributed by atoms with E-state index in [4.69, 9.17) is 22.7 Å². The van der Waals surface area contributed by atoms with Gasteiger partial charge in [0.2, 0.25) is 0 Å². The zero-order valence-electron chi connectivity index (χ0n) is 21.5. The molecule has 1 saturated carbocycles. The van der Waals surface area contributed by atoms with Crippen molar-refractivity contribution in [1.82, 2.24) is 0 Å². The molecule has 0 aliphatic heterocycles. The van der Waals surface area contributed by atoms with Gasteiger partial charge in [0.25, 0.3) is 0 Å². The molecular formula is C31H40O6. The van der Waals surface area contributed by atoms with Crippen molar-refractivity contribution in [2.45, 2.75) is 88.9 Å². The molecule has 0 aromatic heterocycles. The standard InChI is InChI=1S/C31H40O6/c1-3-12-24(13-4-2)31(36)37-25(19-18-23-14-8-7-9-15-23)20-21-27-26(28(32)22-29(27)33)16-10-5-6-11-17-30(34)35/h1-2,5,7-10,14-15,24-29,32-33H,6,11-13,16-22H2,(H,34,35)/t25-,26+,27+,28-,29+/m0/s1. The van der Waals surface area contributed by atoms with E-state index in [1.54, 1.807) is 0 Å². The molecule has 5 atom stereocenters. The van der Waals surface area contributed by atoms with Crippen molar-refractivity contribution in [3.63, 3.8) is 0 Å². The minimum absolute atomic E-state index is 0.105. The van der Waals surface area contributed by atoms with Crippen LogP contribution in [0.25, 0.3) is 0 Å². The fourth-order valence-corrected chi connectivity index (χ4v) is 5.05. The van der Waals surface area contributed by atoms with Gasteiger partial charge in [-0.1, -0.05) is 42.5 Å². The van der Waals surface area contributed by atoms with E-state index in [-0.39, 0.29) is 43.2 Å². The van der Waals surface area contributed by atoms with Crippen molar-refractivity contribution in [3.05, 3.63) is 48.0 Å². The van der Waals surface area contributed by atoms with E-state index in [1.165, 1.54) is 0 Å². The van der Waals surface area contributed by atoms with Crippen molar-refractivity contribution in [2.75, 3.05) is 0 Å². The van der Waals surface area contributed by atoms with Gasteiger partial charge in [-0.05, 0) is 68.8 Å². The van der Waals surface area contributed by atoms with E-state index < -0.39 is 24.1 Å². The van der Waals surface area contributed by atoms with Crippen LogP contribution < -0.4 is 0 Å². The van der Waals surface area contributed by atoms with E-state index >= 15 is 0 Å². The number of carboxylic acid groups (broad SMARTS) is 1. The van der Waals surface area contributed by atoms with Gasteiger partial charge in [-0.15, -0.1) is 24.7 Å². The van der Waals surface area contributed by atoms with Gasteiger partial charge in [0.1, 0.15) is 6.10 Å². The Bertz CT molecular complexity index is 925. The molecule has 6 heteroatoms. The number of terminal acetylenes is 2. The van der Waals surface area contributed by atoms with Gasteiger partial charge in [-0.2, -0.15) is 0 Å². The van der Waals surface area contributed by atoms with Crippen LogP contribution in [0.2, 0.25) is 0 Å². The van der Waals surface area contributed by atoms with Crippen LogP contribution in [0.4, 0.5) is 0 Å². The molecule has 0 heterocycles. The van der Waals surface area contributed by atoms with Crippen molar-refractivity contribution in [3.8, 4) is 24.7 Å². The molecule has 0 spiro atoms. The van der Waals surface area contributed by atoms with Gasteiger partial charge in [0, 0.05) is 19.3 Å². The summed E-state index contributed by atoms with van der Waals surface area (Å²) in [5.41, 5.74) is 1.15. The summed E-state index contributed by atoms with van der Waals surface area (Å²) in [6.45, 7) is 0. The first-order valence-corrected chi connectivity index (χ1v) is 13.2. The molecule has 1 aromatic carbocycles. The molecular weight excluding hydrogens is 468 g/mol. The lowest BCUT2D eigenvalue weighted by molar-refractivity contribution is -0.154. The molecule has 6 nitrogen and oxygen atoms in total. The Morgan fingerprint density at radius 2 is 1.70 bits per heavy atom. The average Bonchev–Trinajstić information content (AvgIpc) is 3.14. The number of aliphatic hydroxyl groups is 2. The molecule has 0 bridgehead atoms. The third-order valence-corrected chi connectivity index (χ3v) is 7.12. The summed E-state index contributed by atoms with van der Waals surface area (Å²) in [7, 11) is 0. The normalized spacial score (nSPS) is 22.0. The number of ether oxygens (including phenoxy) is 1. The molecule has 200 valence electrons. The highest BCUT2D eigenvalue weighted by Gasteiger charge is 2.41. The Hall–Kier alpha value is -3.06. The quantitative estimate of drug-likeness (QED) is 0.131. The Balaban J connectivity index is 2.01. The van der Waals surface area contributed by atoms with Gasteiger partial charge in [-0.25, -0.2) is 0 Å². The largest absolute Gasteiger partial charge is 0.481 e. The van der Waals surface area contributed by atoms with Crippen LogP contribution in [0.15, 0.2) is 42.5 Å². The Labute approximate surface area is 221 Å². The molecule has 3 N–H and O–H groups in total. The third-order valence-electron chi connectivity index (χ3n) is 7.12. The van der Waals surface area contributed by atoms with Gasteiger partial charge in [0.05, 0.1) is 18.1 Å². The summed E-state index contributed by atoms with van der Waals surface area (Å²) in [6, 6.07) is 9.98. The topological polar surface area (TPSA) is 104 Å². The molecule has 0 amide bonds. The number of aryl methyl sites for hydroxylation is 1. The SMILES string of the molecule is C#CCC(CC#C)C(=O)O[C@@H](CCc1ccccc1)CC[C@@H]1[C@@H](CC=CCCCC(=O)O)[C@@H](O)C[C@H]1O. The van der Waals surface area contributed by atoms with Crippen molar-refractivity contribution in [1.29, 1.82) is 0 Å². The first-order valence-electron chi connectivity index (χ1n) is 13.2. The summed E-state index contributed by atoms with van der Waals surface area (Å²) in [5.74, 6) is 3.05. The molecule has 1 aliphatic carbocycles. The lowest BCUT2D eigenvalue weighted by atomic mass is 9.85. The predicted molar refractivity (Wildman–Crippen MR) is 143 cm³/mol. The van der Waals surface area contributed by atoms with E-state index in [1.807, 2.05) is 42.5 Å². The van der Waals surface area contributed by atoms with Gasteiger partial charge in [-0.3, -0.25) is 9.59 Å². The monoisotopic (exact) mass is 508 g/mol. The summed E-state index contributed by atoms with van der Waals surface area (Å²) in [4.78, 5) is 23.5. The summed E-state index contributed by atoms with van der Waals surface area (Å²) in [5, 5.41) is 30.0. The number of benzene rings is 1. The van der Waals surface area contributed by atoms with Gasteiger partial charge in [0.15, 0.2) is 0 Å². The number of allylic oxidation sites excluding steroid dienone is 2. The molecule has 0 radical (unpaired) electrons. The highest BCUT2D eigenvalue weighted by Crippen LogP contribution is 2.39. The maximum absolute atomic E-state index is 12.8. The number of carbonyl (C=O) groups is 2. The van der Waals surface area contributed by atoms with Crippen LogP contribution in [0, 0.1) is 42.4 Å². The molecule has 0 unspecified atom stereocenters. The molecule has 2 rings (SSSR count). The Morgan fingerprint density at radius 3 is 2.35 bits per heavy atom. The molecule has 1 fully saturated rings. The summed E-state index contributed by atoms with van der Waals surface area (Å²) >= 11 is 0. The summed E-state index contributed by atoms with van der Waals surface area (Å²) < 4.78 is 5.91. The van der Waals surface area contributed by atoms with Gasteiger partial charge >= 0.3 is 11.9 Å². The zero-order chi connectivity index (χ0) is 27.0. The lowest BCUT2D eigenvalue weighted by Crippen LogP contribution is -2.28. The number of aliphatic hydroxyl groups excluding tert-OH is 2. The molecule has 1 aliphatic rings. The van der Waals surface area contributed by atoms with E-state index in [0.717, 1.165) is 12.0 Å². The van der Waals surface area contributed by atoms with Crippen LogP contribution in [0.5, 0.6) is 0 Å². The van der Waals surface area contributed by atoms with Crippen LogP contribution in [0.1, 0.15) is 69.8 Å². The minimum atomic E-state index is -0.810. The van der Waals surface area contributed by atoms with Crippen LogP contribution in [0.3, 0.4) is 0 Å².